The van der Waals surface area contributed by atoms with E-state index in [0.717, 1.165) is 35.5 Å². The van der Waals surface area contributed by atoms with Crippen LogP contribution >= 0.6 is 0 Å². The Labute approximate surface area is 124 Å². The minimum atomic E-state index is 0.677. The number of anilines is 1. The van der Waals surface area contributed by atoms with Gasteiger partial charge in [0.15, 0.2) is 5.82 Å². The average Bonchev–Trinajstić information content (AvgIpc) is 2.56. The molecule has 4 heteroatoms. The van der Waals surface area contributed by atoms with Crippen LogP contribution in [-0.4, -0.2) is 28.0 Å². The summed E-state index contributed by atoms with van der Waals surface area (Å²) in [4.78, 5) is 16.0. The summed E-state index contributed by atoms with van der Waals surface area (Å²) in [6, 6.07) is 13.9. The van der Waals surface area contributed by atoms with Crippen molar-refractivity contribution in [3.8, 4) is 11.5 Å². The number of hydrogen-bond acceptors (Lipinski definition) is 4. The van der Waals surface area contributed by atoms with Crippen LogP contribution in [0.3, 0.4) is 0 Å². The van der Waals surface area contributed by atoms with Crippen LogP contribution in [0, 0.1) is 0 Å². The third-order valence-corrected chi connectivity index (χ3v) is 3.54. The van der Waals surface area contributed by atoms with Gasteiger partial charge >= 0.3 is 0 Å². The number of pyridine rings is 1. The fourth-order valence-corrected chi connectivity index (χ4v) is 2.43. The zero-order valence-electron chi connectivity index (χ0n) is 12.3. The lowest BCUT2D eigenvalue weighted by atomic mass is 10.2. The first-order valence-corrected chi connectivity index (χ1v) is 7.26. The van der Waals surface area contributed by atoms with Gasteiger partial charge in [-0.15, -0.1) is 0 Å². The van der Waals surface area contributed by atoms with Crippen LogP contribution in [0.15, 0.2) is 48.7 Å². The third-order valence-electron chi connectivity index (χ3n) is 3.54. The summed E-state index contributed by atoms with van der Waals surface area (Å²) < 4.78 is 0. The van der Waals surface area contributed by atoms with E-state index in [-0.39, 0.29) is 0 Å². The Bertz CT molecular complexity index is 736. The van der Waals surface area contributed by atoms with Crippen LogP contribution < -0.4 is 4.90 Å². The number of nitrogens with zero attached hydrogens (tertiary/aromatic N) is 4. The van der Waals surface area contributed by atoms with Crippen molar-refractivity contribution in [3.05, 3.63) is 48.7 Å². The van der Waals surface area contributed by atoms with Crippen LogP contribution in [-0.2, 0) is 0 Å². The van der Waals surface area contributed by atoms with E-state index in [0.29, 0.717) is 5.82 Å². The number of rotatable bonds is 4. The SMILES string of the molecule is CCN(CC)c1nc(-c2ccccn2)nc2ccccc12. The molecule has 2 heterocycles. The topological polar surface area (TPSA) is 41.9 Å². The van der Waals surface area contributed by atoms with Gasteiger partial charge in [0.25, 0.3) is 0 Å². The Morgan fingerprint density at radius 1 is 0.905 bits per heavy atom. The monoisotopic (exact) mass is 278 g/mol. The van der Waals surface area contributed by atoms with Gasteiger partial charge in [-0.2, -0.15) is 0 Å². The highest BCUT2D eigenvalue weighted by Crippen LogP contribution is 2.26. The smallest absolute Gasteiger partial charge is 0.180 e. The molecule has 21 heavy (non-hydrogen) atoms. The molecule has 0 atom stereocenters. The van der Waals surface area contributed by atoms with E-state index in [9.17, 15) is 0 Å². The lowest BCUT2D eigenvalue weighted by molar-refractivity contribution is 0.849. The number of para-hydroxylation sites is 1. The van der Waals surface area contributed by atoms with E-state index in [4.69, 9.17) is 4.98 Å². The zero-order valence-corrected chi connectivity index (χ0v) is 12.3. The molecule has 0 aliphatic heterocycles. The molecule has 0 saturated carbocycles. The molecule has 2 aromatic heterocycles. The van der Waals surface area contributed by atoms with Gasteiger partial charge < -0.3 is 4.90 Å². The maximum atomic E-state index is 4.77. The van der Waals surface area contributed by atoms with Gasteiger partial charge in [0.1, 0.15) is 11.5 Å². The van der Waals surface area contributed by atoms with E-state index in [1.807, 2.05) is 36.4 Å². The largest absolute Gasteiger partial charge is 0.357 e. The van der Waals surface area contributed by atoms with Crippen molar-refractivity contribution in [2.75, 3.05) is 18.0 Å². The second-order valence-electron chi connectivity index (χ2n) is 4.78. The van der Waals surface area contributed by atoms with Crippen LogP contribution in [0.1, 0.15) is 13.8 Å². The molecule has 0 radical (unpaired) electrons. The molecule has 0 amide bonds. The molecule has 0 aliphatic carbocycles. The Balaban J connectivity index is 2.24. The lowest BCUT2D eigenvalue weighted by Gasteiger charge is -2.21. The molecule has 0 bridgehead atoms. The van der Waals surface area contributed by atoms with Gasteiger partial charge in [0.05, 0.1) is 5.52 Å². The van der Waals surface area contributed by atoms with E-state index < -0.39 is 0 Å². The first-order chi connectivity index (χ1) is 10.3. The predicted molar refractivity (Wildman–Crippen MR) is 86.3 cm³/mol. The van der Waals surface area contributed by atoms with E-state index >= 15 is 0 Å². The zero-order chi connectivity index (χ0) is 14.7. The number of hydrogen-bond donors (Lipinski definition) is 0. The molecule has 0 N–H and O–H groups in total. The Morgan fingerprint density at radius 2 is 1.67 bits per heavy atom. The fourth-order valence-electron chi connectivity index (χ4n) is 2.43. The Hall–Kier alpha value is -2.49. The second kappa shape index (κ2) is 5.87. The van der Waals surface area contributed by atoms with Gasteiger partial charge in [0.2, 0.25) is 0 Å². The maximum absolute atomic E-state index is 4.77. The van der Waals surface area contributed by atoms with Crippen LogP contribution in [0.4, 0.5) is 5.82 Å². The summed E-state index contributed by atoms with van der Waals surface area (Å²) in [5.74, 6) is 1.66. The molecule has 3 rings (SSSR count). The minimum absolute atomic E-state index is 0.677. The van der Waals surface area contributed by atoms with Crippen LogP contribution in [0.5, 0.6) is 0 Å². The summed E-state index contributed by atoms with van der Waals surface area (Å²) in [6.45, 7) is 6.11. The average molecular weight is 278 g/mol. The first-order valence-electron chi connectivity index (χ1n) is 7.26. The normalized spacial score (nSPS) is 10.8. The standard InChI is InChI=1S/C17H18N4/c1-3-21(4-2)17-13-9-5-6-10-14(13)19-16(20-17)15-11-7-8-12-18-15/h5-12H,3-4H2,1-2H3. The molecule has 0 spiro atoms. The molecule has 1 aromatic carbocycles. The van der Waals surface area contributed by atoms with Gasteiger partial charge in [-0.05, 0) is 38.1 Å². The van der Waals surface area contributed by atoms with Gasteiger partial charge in [-0.1, -0.05) is 18.2 Å². The second-order valence-corrected chi connectivity index (χ2v) is 4.78. The fraction of sp³-hybridized carbons (Fsp3) is 0.235. The summed E-state index contributed by atoms with van der Waals surface area (Å²) in [5, 5.41) is 1.08. The quantitative estimate of drug-likeness (QED) is 0.732. The highest BCUT2D eigenvalue weighted by Gasteiger charge is 2.13. The molecule has 0 unspecified atom stereocenters. The lowest BCUT2D eigenvalue weighted by Crippen LogP contribution is -2.23. The molecule has 0 saturated heterocycles. The van der Waals surface area contributed by atoms with Crippen LogP contribution in [0.2, 0.25) is 0 Å². The van der Waals surface area contributed by atoms with Crippen LogP contribution in [0.25, 0.3) is 22.4 Å². The van der Waals surface area contributed by atoms with Crippen molar-refractivity contribution >= 4 is 16.7 Å². The minimum Gasteiger partial charge on any atom is -0.357 e. The van der Waals surface area contributed by atoms with E-state index in [1.165, 1.54) is 0 Å². The summed E-state index contributed by atoms with van der Waals surface area (Å²) in [6.07, 6.45) is 1.77. The van der Waals surface area contributed by atoms with Crippen molar-refractivity contribution < 1.29 is 0 Å². The number of fused-ring (bicyclic) bond motifs is 1. The van der Waals surface area contributed by atoms with E-state index in [1.54, 1.807) is 6.20 Å². The van der Waals surface area contributed by atoms with Crippen molar-refractivity contribution in [1.82, 2.24) is 15.0 Å². The number of aromatic nitrogens is 3. The van der Waals surface area contributed by atoms with Crippen molar-refractivity contribution in [1.29, 1.82) is 0 Å². The van der Waals surface area contributed by atoms with Crippen molar-refractivity contribution in [2.45, 2.75) is 13.8 Å². The highest BCUT2D eigenvalue weighted by atomic mass is 15.2. The van der Waals surface area contributed by atoms with Gasteiger partial charge in [0, 0.05) is 24.7 Å². The molecular weight excluding hydrogens is 260 g/mol. The Kier molecular flexibility index (Phi) is 3.77. The first kappa shape index (κ1) is 13.5. The van der Waals surface area contributed by atoms with E-state index in [2.05, 4.69) is 34.8 Å². The van der Waals surface area contributed by atoms with Gasteiger partial charge in [-0.3, -0.25) is 4.98 Å². The van der Waals surface area contributed by atoms with Crippen molar-refractivity contribution in [2.24, 2.45) is 0 Å². The summed E-state index contributed by atoms with van der Waals surface area (Å²) in [7, 11) is 0. The number of benzene rings is 1. The molecule has 4 nitrogen and oxygen atoms in total. The summed E-state index contributed by atoms with van der Waals surface area (Å²) >= 11 is 0. The van der Waals surface area contributed by atoms with Crippen molar-refractivity contribution in [3.63, 3.8) is 0 Å². The highest BCUT2D eigenvalue weighted by molar-refractivity contribution is 5.90. The molecular formula is C17H18N4. The molecule has 0 fully saturated rings. The van der Waals surface area contributed by atoms with Gasteiger partial charge in [-0.25, -0.2) is 9.97 Å². The molecule has 106 valence electrons. The molecule has 0 aliphatic rings. The summed E-state index contributed by atoms with van der Waals surface area (Å²) in [5.41, 5.74) is 1.76. The predicted octanol–water partition coefficient (Wildman–Crippen LogP) is 3.54. The molecule has 3 aromatic rings. The Morgan fingerprint density at radius 3 is 2.38 bits per heavy atom. The maximum Gasteiger partial charge on any atom is 0.180 e. The third kappa shape index (κ3) is 2.57.